The third kappa shape index (κ3) is 3.58. The molecule has 0 saturated carbocycles. The van der Waals surface area contributed by atoms with E-state index in [0.29, 0.717) is 5.56 Å². The van der Waals surface area contributed by atoms with Gasteiger partial charge in [0.2, 0.25) is 0 Å². The van der Waals surface area contributed by atoms with E-state index >= 15 is 0 Å². The van der Waals surface area contributed by atoms with Gasteiger partial charge in [-0.2, -0.15) is 5.26 Å². The molecular weight excluding hydrogens is 348 g/mol. The van der Waals surface area contributed by atoms with Gasteiger partial charge in [-0.05, 0) is 42.3 Å². The van der Waals surface area contributed by atoms with Gasteiger partial charge in [0.1, 0.15) is 6.07 Å². The lowest BCUT2D eigenvalue weighted by atomic mass is 10.0. The first-order chi connectivity index (χ1) is 10.1. The Hall–Kier alpha value is -1.50. The van der Waals surface area contributed by atoms with Gasteiger partial charge in [0.25, 0.3) is 0 Å². The van der Waals surface area contributed by atoms with Crippen molar-refractivity contribution in [3.63, 3.8) is 0 Å². The van der Waals surface area contributed by atoms with E-state index < -0.39 is 0 Å². The second kappa shape index (κ2) is 6.98. The van der Waals surface area contributed by atoms with Crippen LogP contribution in [0, 0.1) is 11.3 Å². The average molecular weight is 364 g/mol. The van der Waals surface area contributed by atoms with Gasteiger partial charge in [0, 0.05) is 17.4 Å². The van der Waals surface area contributed by atoms with Crippen molar-refractivity contribution in [1.82, 2.24) is 0 Å². The smallest absolute Gasteiger partial charge is 0.101 e. The molecule has 0 amide bonds. The van der Waals surface area contributed by atoms with E-state index in [1.54, 1.807) is 0 Å². The van der Waals surface area contributed by atoms with Crippen LogP contribution >= 0.6 is 27.5 Å². The third-order valence-corrected chi connectivity index (χ3v) is 4.51. The fourth-order valence-electron chi connectivity index (χ4n) is 2.26. The molecule has 0 aliphatic rings. The summed E-state index contributed by atoms with van der Waals surface area (Å²) in [6, 6.07) is 16.2. The van der Waals surface area contributed by atoms with Crippen LogP contribution in [0.2, 0.25) is 5.02 Å². The SMILES string of the molecule is CC(c1cccc(Cl)c1)N(C)c1ccc(CBr)cc1C#N. The van der Waals surface area contributed by atoms with Gasteiger partial charge in [-0.3, -0.25) is 0 Å². The van der Waals surface area contributed by atoms with Crippen LogP contribution in [0.4, 0.5) is 5.69 Å². The van der Waals surface area contributed by atoms with Crippen molar-refractivity contribution in [1.29, 1.82) is 5.26 Å². The van der Waals surface area contributed by atoms with Crippen LogP contribution in [0.5, 0.6) is 0 Å². The molecule has 0 aliphatic carbocycles. The molecule has 0 aliphatic heterocycles. The fraction of sp³-hybridized carbons (Fsp3) is 0.235. The summed E-state index contributed by atoms with van der Waals surface area (Å²) in [7, 11) is 2.00. The number of benzene rings is 2. The van der Waals surface area contributed by atoms with Crippen LogP contribution in [-0.4, -0.2) is 7.05 Å². The molecule has 1 atom stereocenters. The molecule has 0 N–H and O–H groups in total. The number of nitrogens with zero attached hydrogens (tertiary/aromatic N) is 2. The first-order valence-corrected chi connectivity index (χ1v) is 8.14. The van der Waals surface area contributed by atoms with Crippen LogP contribution in [0.15, 0.2) is 42.5 Å². The number of rotatable bonds is 4. The Kier molecular flexibility index (Phi) is 5.27. The van der Waals surface area contributed by atoms with Crippen LogP contribution in [0.3, 0.4) is 0 Å². The van der Waals surface area contributed by atoms with Crippen molar-refractivity contribution >= 4 is 33.2 Å². The number of anilines is 1. The minimum Gasteiger partial charge on any atom is -0.367 e. The second-order valence-corrected chi connectivity index (χ2v) is 5.94. The molecular formula is C17H16BrClN2. The Morgan fingerprint density at radius 3 is 2.67 bits per heavy atom. The summed E-state index contributed by atoms with van der Waals surface area (Å²) in [5.41, 5.74) is 3.83. The van der Waals surface area contributed by atoms with Crippen LogP contribution < -0.4 is 4.90 Å². The van der Waals surface area contributed by atoms with Gasteiger partial charge in [0.05, 0.1) is 17.3 Å². The zero-order valence-electron chi connectivity index (χ0n) is 12.0. The van der Waals surface area contributed by atoms with Crippen molar-refractivity contribution in [2.24, 2.45) is 0 Å². The molecule has 4 heteroatoms. The molecule has 2 aromatic carbocycles. The van der Waals surface area contributed by atoms with Crippen LogP contribution in [0.25, 0.3) is 0 Å². The molecule has 0 fully saturated rings. The van der Waals surface area contributed by atoms with Crippen LogP contribution in [-0.2, 0) is 5.33 Å². The van der Waals surface area contributed by atoms with Crippen molar-refractivity contribution in [2.45, 2.75) is 18.3 Å². The molecule has 0 bridgehead atoms. The van der Waals surface area contributed by atoms with Gasteiger partial charge >= 0.3 is 0 Å². The summed E-state index contributed by atoms with van der Waals surface area (Å²) in [4.78, 5) is 2.10. The highest BCUT2D eigenvalue weighted by Crippen LogP contribution is 2.30. The van der Waals surface area contributed by atoms with Crippen molar-refractivity contribution in [3.05, 3.63) is 64.2 Å². The topological polar surface area (TPSA) is 27.0 Å². The zero-order valence-corrected chi connectivity index (χ0v) is 14.3. The lowest BCUT2D eigenvalue weighted by Crippen LogP contribution is -2.22. The Labute approximate surface area is 139 Å². The predicted octanol–water partition coefficient (Wildman–Crippen LogP) is 5.30. The maximum absolute atomic E-state index is 9.37. The highest BCUT2D eigenvalue weighted by Gasteiger charge is 2.16. The van der Waals surface area contributed by atoms with Gasteiger partial charge in [0.15, 0.2) is 0 Å². The third-order valence-electron chi connectivity index (χ3n) is 3.63. The van der Waals surface area contributed by atoms with Gasteiger partial charge in [-0.25, -0.2) is 0 Å². The van der Waals surface area contributed by atoms with Gasteiger partial charge in [-0.1, -0.05) is 45.7 Å². The zero-order chi connectivity index (χ0) is 15.4. The van der Waals surface area contributed by atoms with E-state index in [1.807, 2.05) is 49.5 Å². The average Bonchev–Trinajstić information content (AvgIpc) is 2.52. The van der Waals surface area contributed by atoms with Gasteiger partial charge < -0.3 is 4.90 Å². The molecule has 108 valence electrons. The molecule has 0 radical (unpaired) electrons. The first kappa shape index (κ1) is 15.9. The summed E-state index contributed by atoms with van der Waals surface area (Å²) >= 11 is 9.48. The summed E-state index contributed by atoms with van der Waals surface area (Å²) in [6.07, 6.45) is 0. The standard InChI is InChI=1S/C17H16BrClN2/c1-12(14-4-3-5-16(19)9-14)21(2)17-7-6-13(10-18)8-15(17)11-20/h3-9,12H,10H2,1-2H3. The minimum absolute atomic E-state index is 0.130. The van der Waals surface area contributed by atoms with E-state index in [1.165, 1.54) is 0 Å². The number of halogens is 2. The number of hydrogen-bond acceptors (Lipinski definition) is 2. The molecule has 0 heterocycles. The fourth-order valence-corrected chi connectivity index (χ4v) is 2.81. The molecule has 0 aromatic heterocycles. The summed E-state index contributed by atoms with van der Waals surface area (Å²) in [6.45, 7) is 2.10. The second-order valence-electron chi connectivity index (χ2n) is 4.94. The highest BCUT2D eigenvalue weighted by atomic mass is 79.9. The molecule has 2 rings (SSSR count). The van der Waals surface area contributed by atoms with E-state index in [0.717, 1.165) is 27.2 Å². The lowest BCUT2D eigenvalue weighted by Gasteiger charge is -2.28. The van der Waals surface area contributed by atoms with Crippen molar-refractivity contribution in [2.75, 3.05) is 11.9 Å². The predicted molar refractivity (Wildman–Crippen MR) is 92.1 cm³/mol. The van der Waals surface area contributed by atoms with Gasteiger partial charge in [-0.15, -0.1) is 0 Å². The Morgan fingerprint density at radius 2 is 2.05 bits per heavy atom. The van der Waals surface area contributed by atoms with E-state index in [9.17, 15) is 5.26 Å². The summed E-state index contributed by atoms with van der Waals surface area (Å²) in [5, 5.41) is 10.8. The number of nitriles is 1. The number of alkyl halides is 1. The van der Waals surface area contributed by atoms with E-state index in [2.05, 4.69) is 33.8 Å². The quantitative estimate of drug-likeness (QED) is 0.689. The van der Waals surface area contributed by atoms with E-state index in [-0.39, 0.29) is 6.04 Å². The summed E-state index contributed by atoms with van der Waals surface area (Å²) in [5.74, 6) is 0. The maximum atomic E-state index is 9.37. The Morgan fingerprint density at radius 1 is 1.29 bits per heavy atom. The van der Waals surface area contributed by atoms with Crippen LogP contribution in [0.1, 0.15) is 29.7 Å². The summed E-state index contributed by atoms with van der Waals surface area (Å²) < 4.78 is 0. The first-order valence-electron chi connectivity index (χ1n) is 6.64. The van der Waals surface area contributed by atoms with Crippen molar-refractivity contribution in [3.8, 4) is 6.07 Å². The van der Waals surface area contributed by atoms with Crippen molar-refractivity contribution < 1.29 is 0 Å². The minimum atomic E-state index is 0.130. The molecule has 2 aromatic rings. The normalized spacial score (nSPS) is 11.8. The molecule has 1 unspecified atom stereocenters. The molecule has 21 heavy (non-hydrogen) atoms. The molecule has 2 nitrogen and oxygen atoms in total. The monoisotopic (exact) mass is 362 g/mol. The lowest BCUT2D eigenvalue weighted by molar-refractivity contribution is 0.739. The Balaban J connectivity index is 2.35. The van der Waals surface area contributed by atoms with E-state index in [4.69, 9.17) is 11.6 Å². The maximum Gasteiger partial charge on any atom is 0.101 e. The Bertz CT molecular complexity index is 679. The highest BCUT2D eigenvalue weighted by molar-refractivity contribution is 9.08. The molecule has 0 saturated heterocycles. The molecule has 0 spiro atoms. The number of hydrogen-bond donors (Lipinski definition) is 0. The largest absolute Gasteiger partial charge is 0.367 e.